The van der Waals surface area contributed by atoms with E-state index in [0.29, 0.717) is 22.2 Å². The first-order valence-corrected chi connectivity index (χ1v) is 6.25. The molecule has 4 heteroatoms. The van der Waals surface area contributed by atoms with E-state index in [1.165, 1.54) is 6.07 Å². The number of nitrogens with one attached hydrogen (secondary N) is 1. The molecule has 0 heterocycles. The number of rotatable bonds is 3. The SMILES string of the molecule is Cc1ccc(F)c(CNc2cc(Cl)cc(Cl)c2)c1. The first kappa shape index (κ1) is 13.2. The first-order chi connectivity index (χ1) is 8.54. The van der Waals surface area contributed by atoms with E-state index in [-0.39, 0.29) is 5.82 Å². The number of benzene rings is 2. The van der Waals surface area contributed by atoms with Gasteiger partial charge in [-0.3, -0.25) is 0 Å². The summed E-state index contributed by atoms with van der Waals surface area (Å²) >= 11 is 11.8. The lowest BCUT2D eigenvalue weighted by atomic mass is 10.1. The van der Waals surface area contributed by atoms with Crippen LogP contribution >= 0.6 is 23.2 Å². The number of hydrogen-bond acceptors (Lipinski definition) is 1. The number of anilines is 1. The lowest BCUT2D eigenvalue weighted by molar-refractivity contribution is 0.612. The second kappa shape index (κ2) is 5.59. The molecule has 0 aliphatic rings. The van der Waals surface area contributed by atoms with Gasteiger partial charge in [-0.2, -0.15) is 0 Å². The largest absolute Gasteiger partial charge is 0.381 e. The van der Waals surface area contributed by atoms with Gasteiger partial charge >= 0.3 is 0 Å². The monoisotopic (exact) mass is 283 g/mol. The van der Waals surface area contributed by atoms with Crippen molar-refractivity contribution in [3.63, 3.8) is 0 Å². The molecule has 0 atom stereocenters. The molecule has 0 unspecified atom stereocenters. The maximum atomic E-state index is 13.5. The van der Waals surface area contributed by atoms with Crippen molar-refractivity contribution in [1.29, 1.82) is 0 Å². The Morgan fingerprint density at radius 2 is 1.72 bits per heavy atom. The van der Waals surface area contributed by atoms with Crippen molar-refractivity contribution in [3.05, 3.63) is 63.4 Å². The van der Waals surface area contributed by atoms with E-state index >= 15 is 0 Å². The molecule has 0 bridgehead atoms. The summed E-state index contributed by atoms with van der Waals surface area (Å²) in [7, 11) is 0. The van der Waals surface area contributed by atoms with Gasteiger partial charge in [0.2, 0.25) is 0 Å². The van der Waals surface area contributed by atoms with Crippen molar-refractivity contribution in [2.75, 3.05) is 5.32 Å². The quantitative estimate of drug-likeness (QED) is 0.831. The third-order valence-corrected chi connectivity index (χ3v) is 2.98. The second-order valence-corrected chi connectivity index (χ2v) is 4.98. The maximum absolute atomic E-state index is 13.5. The summed E-state index contributed by atoms with van der Waals surface area (Å²) in [4.78, 5) is 0. The van der Waals surface area contributed by atoms with Crippen LogP contribution in [-0.4, -0.2) is 0 Å². The fraction of sp³-hybridized carbons (Fsp3) is 0.143. The third-order valence-electron chi connectivity index (χ3n) is 2.55. The average molecular weight is 284 g/mol. The zero-order chi connectivity index (χ0) is 13.1. The highest BCUT2D eigenvalue weighted by Crippen LogP contribution is 2.23. The van der Waals surface area contributed by atoms with Crippen LogP contribution in [0.5, 0.6) is 0 Å². The Balaban J connectivity index is 2.13. The highest BCUT2D eigenvalue weighted by molar-refractivity contribution is 6.35. The van der Waals surface area contributed by atoms with Gasteiger partial charge in [0, 0.05) is 27.8 Å². The molecule has 0 aliphatic heterocycles. The van der Waals surface area contributed by atoms with Crippen LogP contribution in [0.25, 0.3) is 0 Å². The molecule has 0 fully saturated rings. The van der Waals surface area contributed by atoms with Crippen LogP contribution in [0.2, 0.25) is 10.0 Å². The molecular formula is C14H12Cl2FN. The Labute approximate surface area is 116 Å². The molecule has 2 aromatic rings. The highest BCUT2D eigenvalue weighted by atomic mass is 35.5. The van der Waals surface area contributed by atoms with Gasteiger partial charge in [-0.05, 0) is 31.2 Å². The standard InChI is InChI=1S/C14H12Cl2FN/c1-9-2-3-14(17)10(4-9)8-18-13-6-11(15)5-12(16)7-13/h2-7,18H,8H2,1H3. The van der Waals surface area contributed by atoms with E-state index < -0.39 is 0 Å². The van der Waals surface area contributed by atoms with Crippen molar-refractivity contribution < 1.29 is 4.39 Å². The van der Waals surface area contributed by atoms with Gasteiger partial charge in [-0.15, -0.1) is 0 Å². The number of aryl methyl sites for hydroxylation is 1. The molecule has 1 N–H and O–H groups in total. The van der Waals surface area contributed by atoms with Gasteiger partial charge in [0.05, 0.1) is 0 Å². The molecule has 0 aliphatic carbocycles. The van der Waals surface area contributed by atoms with Crippen molar-refractivity contribution >= 4 is 28.9 Å². The summed E-state index contributed by atoms with van der Waals surface area (Å²) in [6, 6.07) is 10.2. The molecule has 0 saturated carbocycles. The lowest BCUT2D eigenvalue weighted by Gasteiger charge is -2.09. The lowest BCUT2D eigenvalue weighted by Crippen LogP contribution is -2.02. The van der Waals surface area contributed by atoms with Gasteiger partial charge in [0.15, 0.2) is 0 Å². The minimum atomic E-state index is -0.221. The minimum absolute atomic E-state index is 0.221. The van der Waals surface area contributed by atoms with E-state index in [1.807, 2.05) is 13.0 Å². The molecular weight excluding hydrogens is 272 g/mol. The Hall–Kier alpha value is -1.25. The summed E-state index contributed by atoms with van der Waals surface area (Å²) < 4.78 is 13.5. The molecule has 2 aromatic carbocycles. The molecule has 0 aromatic heterocycles. The fourth-order valence-corrected chi connectivity index (χ4v) is 2.22. The van der Waals surface area contributed by atoms with E-state index in [4.69, 9.17) is 23.2 Å². The van der Waals surface area contributed by atoms with Gasteiger partial charge in [-0.1, -0.05) is 40.9 Å². The van der Waals surface area contributed by atoms with Crippen LogP contribution in [0.1, 0.15) is 11.1 Å². The first-order valence-electron chi connectivity index (χ1n) is 5.49. The Kier molecular flexibility index (Phi) is 4.10. The van der Waals surface area contributed by atoms with Crippen LogP contribution in [-0.2, 0) is 6.54 Å². The summed E-state index contributed by atoms with van der Waals surface area (Å²) in [5.74, 6) is -0.221. The normalized spacial score (nSPS) is 10.4. The van der Waals surface area contributed by atoms with Gasteiger partial charge in [-0.25, -0.2) is 4.39 Å². The summed E-state index contributed by atoms with van der Waals surface area (Å²) in [6.45, 7) is 2.32. The average Bonchev–Trinajstić information content (AvgIpc) is 2.29. The zero-order valence-electron chi connectivity index (χ0n) is 9.81. The topological polar surface area (TPSA) is 12.0 Å². The van der Waals surface area contributed by atoms with Crippen LogP contribution < -0.4 is 5.32 Å². The van der Waals surface area contributed by atoms with Gasteiger partial charge < -0.3 is 5.32 Å². The molecule has 0 amide bonds. The predicted octanol–water partition coefficient (Wildman–Crippen LogP) is 5.05. The molecule has 0 radical (unpaired) electrons. The van der Waals surface area contributed by atoms with Crippen molar-refractivity contribution in [2.45, 2.75) is 13.5 Å². The molecule has 2 rings (SSSR count). The second-order valence-electron chi connectivity index (χ2n) is 4.11. The summed E-state index contributed by atoms with van der Waals surface area (Å²) in [5.41, 5.74) is 2.41. The van der Waals surface area contributed by atoms with Gasteiger partial charge in [0.1, 0.15) is 5.82 Å². The Morgan fingerprint density at radius 1 is 1.06 bits per heavy atom. The maximum Gasteiger partial charge on any atom is 0.128 e. The van der Waals surface area contributed by atoms with Crippen molar-refractivity contribution in [1.82, 2.24) is 0 Å². The molecule has 18 heavy (non-hydrogen) atoms. The van der Waals surface area contributed by atoms with Crippen molar-refractivity contribution in [3.8, 4) is 0 Å². The molecule has 0 spiro atoms. The smallest absolute Gasteiger partial charge is 0.128 e. The van der Waals surface area contributed by atoms with E-state index in [2.05, 4.69) is 5.32 Å². The third kappa shape index (κ3) is 3.37. The fourth-order valence-electron chi connectivity index (χ4n) is 1.69. The summed E-state index contributed by atoms with van der Waals surface area (Å²) in [5, 5.41) is 4.20. The zero-order valence-corrected chi connectivity index (χ0v) is 11.3. The van der Waals surface area contributed by atoms with E-state index in [9.17, 15) is 4.39 Å². The highest BCUT2D eigenvalue weighted by Gasteiger charge is 2.03. The van der Waals surface area contributed by atoms with Gasteiger partial charge in [0.25, 0.3) is 0 Å². The van der Waals surface area contributed by atoms with E-state index in [1.54, 1.807) is 24.3 Å². The van der Waals surface area contributed by atoms with Crippen LogP contribution in [0.3, 0.4) is 0 Å². The minimum Gasteiger partial charge on any atom is -0.381 e. The predicted molar refractivity (Wildman–Crippen MR) is 74.9 cm³/mol. The molecule has 1 nitrogen and oxygen atoms in total. The molecule has 94 valence electrons. The Morgan fingerprint density at radius 3 is 2.39 bits per heavy atom. The van der Waals surface area contributed by atoms with E-state index in [0.717, 1.165) is 11.3 Å². The van der Waals surface area contributed by atoms with Crippen molar-refractivity contribution in [2.24, 2.45) is 0 Å². The summed E-state index contributed by atoms with van der Waals surface area (Å²) in [6.07, 6.45) is 0. The van der Waals surface area contributed by atoms with Crippen LogP contribution in [0.15, 0.2) is 36.4 Å². The van der Waals surface area contributed by atoms with Crippen LogP contribution in [0.4, 0.5) is 10.1 Å². The number of hydrogen-bond donors (Lipinski definition) is 1. The number of halogens is 3. The molecule has 0 saturated heterocycles. The van der Waals surface area contributed by atoms with Crippen LogP contribution in [0, 0.1) is 12.7 Å². The Bertz CT molecular complexity index is 549.